The Morgan fingerprint density at radius 3 is 2.80 bits per heavy atom. The Kier molecular flexibility index (Phi) is 4.74. The number of nitrogens with zero attached hydrogens (tertiary/aromatic N) is 2. The standard InChI is InChI=1S/C13H11FN4OS/c14-10-1-3-11(4-2-10)18-12(19)9(7-15)8-17-13-16-5-6-20-13/h1-4,8H,5-6H2,(H,16,17)(H,18,19)/b9-8-. The molecule has 0 unspecified atom stereocenters. The van der Waals surface area contributed by atoms with Crippen molar-refractivity contribution in [3.05, 3.63) is 41.9 Å². The summed E-state index contributed by atoms with van der Waals surface area (Å²) in [6.45, 7) is 0.727. The summed E-state index contributed by atoms with van der Waals surface area (Å²) in [6, 6.07) is 7.11. The molecule has 0 radical (unpaired) electrons. The maximum Gasteiger partial charge on any atom is 0.267 e. The van der Waals surface area contributed by atoms with E-state index in [1.807, 2.05) is 0 Å². The van der Waals surface area contributed by atoms with Gasteiger partial charge in [-0.2, -0.15) is 5.26 Å². The van der Waals surface area contributed by atoms with Crippen LogP contribution in [-0.2, 0) is 4.79 Å². The number of benzene rings is 1. The molecule has 1 amide bonds. The summed E-state index contributed by atoms with van der Waals surface area (Å²) < 4.78 is 12.7. The first-order valence-electron chi connectivity index (χ1n) is 5.80. The number of carbonyl (C=O) groups is 1. The molecule has 1 heterocycles. The molecule has 1 aromatic carbocycles. The zero-order valence-corrected chi connectivity index (χ0v) is 11.2. The molecule has 0 aliphatic carbocycles. The molecule has 0 aromatic heterocycles. The Hall–Kier alpha value is -2.33. The third-order valence-corrected chi connectivity index (χ3v) is 3.30. The fourth-order valence-electron chi connectivity index (χ4n) is 1.44. The van der Waals surface area contributed by atoms with Crippen LogP contribution in [0.5, 0.6) is 0 Å². The monoisotopic (exact) mass is 290 g/mol. The van der Waals surface area contributed by atoms with E-state index in [1.165, 1.54) is 42.2 Å². The van der Waals surface area contributed by atoms with E-state index in [1.54, 1.807) is 6.07 Å². The van der Waals surface area contributed by atoms with Gasteiger partial charge < -0.3 is 10.6 Å². The van der Waals surface area contributed by atoms with Crippen LogP contribution in [0.15, 0.2) is 41.0 Å². The Balaban J connectivity index is 2.00. The van der Waals surface area contributed by atoms with Crippen molar-refractivity contribution in [3.63, 3.8) is 0 Å². The van der Waals surface area contributed by atoms with E-state index in [2.05, 4.69) is 15.6 Å². The smallest absolute Gasteiger partial charge is 0.267 e. The van der Waals surface area contributed by atoms with E-state index in [9.17, 15) is 9.18 Å². The molecule has 0 saturated heterocycles. The summed E-state index contributed by atoms with van der Waals surface area (Å²) in [4.78, 5) is 16.0. The highest BCUT2D eigenvalue weighted by molar-refractivity contribution is 8.14. The normalized spacial score (nSPS) is 14.4. The number of aliphatic imine (C=N–C) groups is 1. The number of carbonyl (C=O) groups excluding carboxylic acids is 1. The van der Waals surface area contributed by atoms with Crippen LogP contribution in [0.2, 0.25) is 0 Å². The molecular weight excluding hydrogens is 279 g/mol. The summed E-state index contributed by atoms with van der Waals surface area (Å²) in [5, 5.41) is 15.0. The van der Waals surface area contributed by atoms with Crippen molar-refractivity contribution in [1.29, 1.82) is 5.26 Å². The summed E-state index contributed by atoms with van der Waals surface area (Å²) in [5.41, 5.74) is 0.342. The SMILES string of the molecule is N#C/C(=C/NC1=NCCS1)C(=O)Nc1ccc(F)cc1. The number of hydrogen-bond acceptors (Lipinski definition) is 5. The van der Waals surface area contributed by atoms with Crippen LogP contribution in [0, 0.1) is 17.1 Å². The molecular formula is C13H11FN4OS. The van der Waals surface area contributed by atoms with Crippen molar-refractivity contribution in [2.45, 2.75) is 0 Å². The average Bonchev–Trinajstić information content (AvgIpc) is 2.95. The fraction of sp³-hybridized carbons (Fsp3) is 0.154. The second-order valence-corrected chi connectivity index (χ2v) is 4.89. The highest BCUT2D eigenvalue weighted by atomic mass is 32.2. The van der Waals surface area contributed by atoms with Gasteiger partial charge in [0.25, 0.3) is 5.91 Å². The first-order chi connectivity index (χ1) is 9.69. The summed E-state index contributed by atoms with van der Waals surface area (Å²) in [7, 11) is 0. The highest BCUT2D eigenvalue weighted by Crippen LogP contribution is 2.11. The second kappa shape index (κ2) is 6.73. The molecule has 2 N–H and O–H groups in total. The third-order valence-electron chi connectivity index (χ3n) is 2.39. The van der Waals surface area contributed by atoms with Gasteiger partial charge in [-0.15, -0.1) is 0 Å². The predicted octanol–water partition coefficient (Wildman–Crippen LogP) is 1.86. The van der Waals surface area contributed by atoms with Crippen molar-refractivity contribution >= 4 is 28.5 Å². The summed E-state index contributed by atoms with van der Waals surface area (Å²) in [6.07, 6.45) is 1.32. The topological polar surface area (TPSA) is 77.3 Å². The lowest BCUT2D eigenvalue weighted by Crippen LogP contribution is -2.18. The minimum absolute atomic E-state index is 0.0791. The van der Waals surface area contributed by atoms with E-state index in [4.69, 9.17) is 5.26 Å². The maximum absolute atomic E-state index is 12.7. The molecule has 20 heavy (non-hydrogen) atoms. The zero-order valence-electron chi connectivity index (χ0n) is 10.4. The molecule has 0 saturated carbocycles. The number of nitrogens with one attached hydrogen (secondary N) is 2. The molecule has 0 bridgehead atoms. The molecule has 0 fully saturated rings. The van der Waals surface area contributed by atoms with E-state index in [-0.39, 0.29) is 5.57 Å². The van der Waals surface area contributed by atoms with E-state index < -0.39 is 11.7 Å². The van der Waals surface area contributed by atoms with Gasteiger partial charge in [0.1, 0.15) is 17.5 Å². The maximum atomic E-state index is 12.7. The Labute approximate surface area is 119 Å². The number of nitriles is 1. The Morgan fingerprint density at radius 2 is 2.20 bits per heavy atom. The van der Waals surface area contributed by atoms with E-state index in [0.29, 0.717) is 10.9 Å². The number of rotatable bonds is 3. The van der Waals surface area contributed by atoms with Crippen molar-refractivity contribution in [2.24, 2.45) is 4.99 Å². The van der Waals surface area contributed by atoms with Gasteiger partial charge in [0.15, 0.2) is 5.17 Å². The van der Waals surface area contributed by atoms with Crippen LogP contribution < -0.4 is 10.6 Å². The van der Waals surface area contributed by atoms with Gasteiger partial charge in [-0.1, -0.05) is 11.8 Å². The van der Waals surface area contributed by atoms with Gasteiger partial charge in [0, 0.05) is 17.6 Å². The number of anilines is 1. The minimum atomic E-state index is -0.560. The van der Waals surface area contributed by atoms with Crippen molar-refractivity contribution in [1.82, 2.24) is 5.32 Å². The van der Waals surface area contributed by atoms with Crippen LogP contribution in [0.1, 0.15) is 0 Å². The van der Waals surface area contributed by atoms with Gasteiger partial charge >= 0.3 is 0 Å². The molecule has 102 valence electrons. The van der Waals surface area contributed by atoms with Crippen LogP contribution in [0.3, 0.4) is 0 Å². The van der Waals surface area contributed by atoms with Crippen LogP contribution in [-0.4, -0.2) is 23.4 Å². The summed E-state index contributed by atoms with van der Waals surface area (Å²) >= 11 is 1.52. The Morgan fingerprint density at radius 1 is 1.45 bits per heavy atom. The van der Waals surface area contributed by atoms with Crippen LogP contribution in [0.25, 0.3) is 0 Å². The largest absolute Gasteiger partial charge is 0.340 e. The average molecular weight is 290 g/mol. The highest BCUT2D eigenvalue weighted by Gasteiger charge is 2.11. The van der Waals surface area contributed by atoms with Crippen molar-refractivity contribution in [2.75, 3.05) is 17.6 Å². The fourth-order valence-corrected chi connectivity index (χ4v) is 2.14. The molecule has 1 aromatic rings. The van der Waals surface area contributed by atoms with Crippen LogP contribution in [0.4, 0.5) is 10.1 Å². The Bertz CT molecular complexity index is 604. The van der Waals surface area contributed by atoms with Gasteiger partial charge in [0.05, 0.1) is 6.54 Å². The lowest BCUT2D eigenvalue weighted by atomic mass is 10.2. The number of amidine groups is 1. The first-order valence-corrected chi connectivity index (χ1v) is 6.78. The molecule has 1 aliphatic heterocycles. The minimum Gasteiger partial charge on any atom is -0.340 e. The lowest BCUT2D eigenvalue weighted by Gasteiger charge is -2.04. The van der Waals surface area contributed by atoms with Gasteiger partial charge in [-0.25, -0.2) is 4.39 Å². The number of hydrogen-bond donors (Lipinski definition) is 2. The lowest BCUT2D eigenvalue weighted by molar-refractivity contribution is -0.112. The number of thioether (sulfide) groups is 1. The molecule has 7 heteroatoms. The predicted molar refractivity (Wildman–Crippen MR) is 76.6 cm³/mol. The second-order valence-electron chi connectivity index (χ2n) is 3.81. The molecule has 0 atom stereocenters. The van der Waals surface area contributed by atoms with Gasteiger partial charge in [-0.3, -0.25) is 9.79 Å². The summed E-state index contributed by atoms with van der Waals surface area (Å²) in [5.74, 6) is -0.0630. The molecule has 2 rings (SSSR count). The molecule has 1 aliphatic rings. The third kappa shape index (κ3) is 3.83. The van der Waals surface area contributed by atoms with Crippen molar-refractivity contribution in [3.8, 4) is 6.07 Å². The van der Waals surface area contributed by atoms with Gasteiger partial charge in [0.2, 0.25) is 0 Å². The zero-order chi connectivity index (χ0) is 14.4. The van der Waals surface area contributed by atoms with E-state index in [0.717, 1.165) is 12.3 Å². The first kappa shape index (κ1) is 14.1. The molecule has 0 spiro atoms. The van der Waals surface area contributed by atoms with E-state index >= 15 is 0 Å². The number of halogens is 1. The number of amides is 1. The van der Waals surface area contributed by atoms with Crippen LogP contribution >= 0.6 is 11.8 Å². The van der Waals surface area contributed by atoms with Gasteiger partial charge in [-0.05, 0) is 24.3 Å². The quantitative estimate of drug-likeness (QED) is 0.658. The molecule has 5 nitrogen and oxygen atoms in total. The van der Waals surface area contributed by atoms with Crippen molar-refractivity contribution < 1.29 is 9.18 Å².